The van der Waals surface area contributed by atoms with E-state index < -0.39 is 0 Å². The van der Waals surface area contributed by atoms with E-state index >= 15 is 0 Å². The maximum atomic E-state index is 9.36. The van der Waals surface area contributed by atoms with Gasteiger partial charge in [0.05, 0.1) is 23.0 Å². The number of aliphatic hydroxyl groups excluding tert-OH is 1. The number of anilines is 2. The average molecular weight is 245 g/mol. The van der Waals surface area contributed by atoms with Gasteiger partial charge in [-0.15, -0.1) is 0 Å². The van der Waals surface area contributed by atoms with Gasteiger partial charge in [-0.25, -0.2) is 0 Å². The van der Waals surface area contributed by atoms with Crippen molar-refractivity contribution in [1.29, 1.82) is 0 Å². The highest BCUT2D eigenvalue weighted by molar-refractivity contribution is 5.96. The Morgan fingerprint density at radius 2 is 2.11 bits per heavy atom. The van der Waals surface area contributed by atoms with Crippen LogP contribution in [-0.4, -0.2) is 22.2 Å². The summed E-state index contributed by atoms with van der Waals surface area (Å²) in [5.74, 6) is 0. The molecule has 0 radical (unpaired) electrons. The fourth-order valence-electron chi connectivity index (χ4n) is 2.14. The Morgan fingerprint density at radius 3 is 2.83 bits per heavy atom. The molecule has 1 aromatic heterocycles. The molecule has 18 heavy (non-hydrogen) atoms. The number of pyridine rings is 1. The van der Waals surface area contributed by atoms with Crippen LogP contribution in [0.5, 0.6) is 0 Å². The summed E-state index contributed by atoms with van der Waals surface area (Å²) in [6.07, 6.45) is 2.12. The highest BCUT2D eigenvalue weighted by atomic mass is 16.3. The van der Waals surface area contributed by atoms with Crippen LogP contribution in [0.4, 0.5) is 11.4 Å². The molecule has 0 fully saturated rings. The lowest BCUT2D eigenvalue weighted by molar-refractivity contribution is 0.179. The molecule has 96 valence electrons. The van der Waals surface area contributed by atoms with Crippen LogP contribution in [0, 0.1) is 0 Å². The maximum Gasteiger partial charge on any atom is 0.0724 e. The molecule has 4 N–H and O–H groups in total. The van der Waals surface area contributed by atoms with Gasteiger partial charge >= 0.3 is 0 Å². The normalized spacial score (nSPS) is 14.4. The van der Waals surface area contributed by atoms with Crippen LogP contribution in [-0.2, 0) is 0 Å². The van der Waals surface area contributed by atoms with Crippen molar-refractivity contribution in [3.05, 3.63) is 30.5 Å². The van der Waals surface area contributed by atoms with Gasteiger partial charge in [0.2, 0.25) is 0 Å². The molecule has 4 heteroatoms. The van der Waals surface area contributed by atoms with E-state index in [1.165, 1.54) is 0 Å². The quantitative estimate of drug-likeness (QED) is 0.723. The average Bonchev–Trinajstić information content (AvgIpc) is 2.32. The summed E-state index contributed by atoms with van der Waals surface area (Å²) >= 11 is 0. The molecular weight excluding hydrogens is 226 g/mol. The summed E-state index contributed by atoms with van der Waals surface area (Å²) in [5, 5.41) is 13.6. The first-order valence-electron chi connectivity index (χ1n) is 6.15. The van der Waals surface area contributed by atoms with E-state index in [1.807, 2.05) is 31.2 Å². The van der Waals surface area contributed by atoms with E-state index in [2.05, 4.69) is 10.3 Å². The number of hydrogen-bond acceptors (Lipinski definition) is 4. The molecule has 0 bridgehead atoms. The summed E-state index contributed by atoms with van der Waals surface area (Å²) in [6, 6.07) is 7.89. The number of aliphatic hydroxyl groups is 1. The van der Waals surface area contributed by atoms with Crippen LogP contribution in [0.25, 0.3) is 10.9 Å². The second kappa shape index (κ2) is 5.23. The van der Waals surface area contributed by atoms with Gasteiger partial charge in [0.15, 0.2) is 0 Å². The van der Waals surface area contributed by atoms with Crippen LogP contribution >= 0.6 is 0 Å². The summed E-state index contributed by atoms with van der Waals surface area (Å²) in [7, 11) is 0. The van der Waals surface area contributed by atoms with Crippen LogP contribution in [0.15, 0.2) is 30.5 Å². The number of fused-ring (bicyclic) bond motifs is 1. The first-order chi connectivity index (χ1) is 8.58. The molecular formula is C14H19N3O. The number of nitrogen functional groups attached to an aromatic ring is 1. The van der Waals surface area contributed by atoms with Gasteiger partial charge in [-0.3, -0.25) is 4.98 Å². The van der Waals surface area contributed by atoms with Gasteiger partial charge in [0.25, 0.3) is 0 Å². The predicted octanol–water partition coefficient (Wildman–Crippen LogP) is 2.39. The number of nitrogens with one attached hydrogen (secondary N) is 1. The fourth-order valence-corrected chi connectivity index (χ4v) is 2.14. The molecule has 1 heterocycles. The molecule has 0 amide bonds. The van der Waals surface area contributed by atoms with Crippen molar-refractivity contribution in [2.24, 2.45) is 0 Å². The number of benzene rings is 1. The zero-order chi connectivity index (χ0) is 13.1. The van der Waals surface area contributed by atoms with E-state index in [0.29, 0.717) is 12.1 Å². The third-order valence-corrected chi connectivity index (χ3v) is 2.92. The minimum Gasteiger partial charge on any atom is -0.397 e. The maximum absolute atomic E-state index is 9.36. The lowest BCUT2D eigenvalue weighted by atomic mass is 10.1. The van der Waals surface area contributed by atoms with Crippen molar-refractivity contribution in [3.8, 4) is 0 Å². The zero-order valence-corrected chi connectivity index (χ0v) is 10.7. The van der Waals surface area contributed by atoms with E-state index in [1.54, 1.807) is 13.1 Å². The Hall–Kier alpha value is -1.81. The van der Waals surface area contributed by atoms with Crippen molar-refractivity contribution in [1.82, 2.24) is 4.98 Å². The monoisotopic (exact) mass is 245 g/mol. The SMILES string of the molecule is CC(O)CC(C)Nc1ccc2ncccc2c1N. The first kappa shape index (κ1) is 12.6. The lowest BCUT2D eigenvalue weighted by Gasteiger charge is -2.18. The minimum absolute atomic E-state index is 0.168. The third kappa shape index (κ3) is 2.71. The topological polar surface area (TPSA) is 71.2 Å². The number of nitrogens with zero attached hydrogens (tertiary/aromatic N) is 1. The van der Waals surface area contributed by atoms with Crippen molar-refractivity contribution >= 4 is 22.3 Å². The van der Waals surface area contributed by atoms with E-state index in [9.17, 15) is 5.11 Å². The van der Waals surface area contributed by atoms with Gasteiger partial charge in [-0.2, -0.15) is 0 Å². The van der Waals surface area contributed by atoms with E-state index in [4.69, 9.17) is 5.73 Å². The molecule has 0 aliphatic rings. The molecule has 2 unspecified atom stereocenters. The van der Waals surface area contributed by atoms with Gasteiger partial charge in [-0.05, 0) is 44.5 Å². The molecule has 2 rings (SSSR count). The van der Waals surface area contributed by atoms with Crippen molar-refractivity contribution in [2.75, 3.05) is 11.1 Å². The molecule has 0 saturated carbocycles. The number of rotatable bonds is 4. The van der Waals surface area contributed by atoms with Crippen LogP contribution in [0.2, 0.25) is 0 Å². The molecule has 2 aromatic rings. The smallest absolute Gasteiger partial charge is 0.0724 e. The van der Waals surface area contributed by atoms with E-state index in [0.717, 1.165) is 16.6 Å². The molecule has 0 aliphatic heterocycles. The Balaban J connectivity index is 2.26. The van der Waals surface area contributed by atoms with Crippen molar-refractivity contribution < 1.29 is 5.11 Å². The fraction of sp³-hybridized carbons (Fsp3) is 0.357. The molecule has 0 spiro atoms. The molecule has 1 aromatic carbocycles. The zero-order valence-electron chi connectivity index (χ0n) is 10.7. The number of hydrogen-bond donors (Lipinski definition) is 3. The second-order valence-corrected chi connectivity index (χ2v) is 4.73. The lowest BCUT2D eigenvalue weighted by Crippen LogP contribution is -2.21. The van der Waals surface area contributed by atoms with Gasteiger partial charge < -0.3 is 16.2 Å². The summed E-state index contributed by atoms with van der Waals surface area (Å²) < 4.78 is 0. The summed E-state index contributed by atoms with van der Waals surface area (Å²) in [4.78, 5) is 4.26. The van der Waals surface area contributed by atoms with Gasteiger partial charge in [0, 0.05) is 17.6 Å². The Kier molecular flexibility index (Phi) is 3.67. The van der Waals surface area contributed by atoms with Crippen molar-refractivity contribution in [3.63, 3.8) is 0 Å². The van der Waals surface area contributed by atoms with Crippen LogP contribution in [0.1, 0.15) is 20.3 Å². The first-order valence-corrected chi connectivity index (χ1v) is 6.15. The van der Waals surface area contributed by atoms with E-state index in [-0.39, 0.29) is 12.1 Å². The predicted molar refractivity (Wildman–Crippen MR) is 75.5 cm³/mol. The largest absolute Gasteiger partial charge is 0.397 e. The van der Waals surface area contributed by atoms with Crippen LogP contribution in [0.3, 0.4) is 0 Å². The second-order valence-electron chi connectivity index (χ2n) is 4.73. The highest BCUT2D eigenvalue weighted by Gasteiger charge is 2.09. The third-order valence-electron chi connectivity index (χ3n) is 2.92. The van der Waals surface area contributed by atoms with Gasteiger partial charge in [-0.1, -0.05) is 0 Å². The number of aromatic nitrogens is 1. The molecule has 0 saturated heterocycles. The Labute approximate surface area is 107 Å². The minimum atomic E-state index is -0.323. The molecule has 4 nitrogen and oxygen atoms in total. The summed E-state index contributed by atoms with van der Waals surface area (Å²) in [5.41, 5.74) is 8.62. The summed E-state index contributed by atoms with van der Waals surface area (Å²) in [6.45, 7) is 3.81. The number of nitrogens with two attached hydrogens (primary N) is 1. The Morgan fingerprint density at radius 1 is 1.33 bits per heavy atom. The molecule has 0 aliphatic carbocycles. The standard InChI is InChI=1S/C14H19N3O/c1-9(8-10(2)18)17-13-6-5-12-11(14(13)15)4-3-7-16-12/h3-7,9-10,17-18H,8,15H2,1-2H3. The van der Waals surface area contributed by atoms with Crippen molar-refractivity contribution in [2.45, 2.75) is 32.4 Å². The van der Waals surface area contributed by atoms with Gasteiger partial charge in [0.1, 0.15) is 0 Å². The Bertz CT molecular complexity index is 540. The van der Waals surface area contributed by atoms with Crippen LogP contribution < -0.4 is 11.1 Å². The highest BCUT2D eigenvalue weighted by Crippen LogP contribution is 2.28. The molecule has 2 atom stereocenters.